The van der Waals surface area contributed by atoms with Crippen molar-refractivity contribution in [1.29, 1.82) is 0 Å². The van der Waals surface area contributed by atoms with Crippen molar-refractivity contribution in [2.45, 2.75) is 49.8 Å². The minimum atomic E-state index is -3.69. The lowest BCUT2D eigenvalue weighted by Crippen LogP contribution is -2.29. The summed E-state index contributed by atoms with van der Waals surface area (Å²) in [5.41, 5.74) is 2.93. The molecule has 0 radical (unpaired) electrons. The zero-order chi connectivity index (χ0) is 21.3. The molecule has 0 spiro atoms. The van der Waals surface area contributed by atoms with Crippen LogP contribution in [0, 0.1) is 12.8 Å². The molecule has 32 heavy (non-hydrogen) atoms. The van der Waals surface area contributed by atoms with Gasteiger partial charge in [0.25, 0.3) is 15.6 Å². The summed E-state index contributed by atoms with van der Waals surface area (Å²) in [6.45, 7) is 3.75. The van der Waals surface area contributed by atoms with Crippen molar-refractivity contribution < 1.29 is 8.42 Å². The number of nitrogens with zero attached hydrogens (tertiary/aromatic N) is 1. The van der Waals surface area contributed by atoms with Gasteiger partial charge >= 0.3 is 0 Å². The van der Waals surface area contributed by atoms with E-state index in [2.05, 4.69) is 14.7 Å². The first kappa shape index (κ1) is 26.5. The molecule has 174 valence electrons. The summed E-state index contributed by atoms with van der Waals surface area (Å²) in [5, 5.41) is 0. The number of pyridine rings is 2. The topological polar surface area (TPSA) is 91.9 Å². The van der Waals surface area contributed by atoms with Crippen LogP contribution in [0.1, 0.15) is 49.2 Å². The highest BCUT2D eigenvalue weighted by atomic mass is 35.5. The molecule has 3 aromatic heterocycles. The molecule has 3 aromatic rings. The lowest BCUT2D eigenvalue weighted by Gasteiger charge is -2.17. The zero-order valence-corrected chi connectivity index (χ0v) is 21.1. The molecule has 0 bridgehead atoms. The maximum absolute atomic E-state index is 13.1. The summed E-state index contributed by atoms with van der Waals surface area (Å²) >= 11 is 1.21. The number of nitrogens with one attached hydrogen (secondary N) is 2. The van der Waals surface area contributed by atoms with Gasteiger partial charge in [-0.05, 0) is 56.0 Å². The van der Waals surface area contributed by atoms with Crippen molar-refractivity contribution in [2.24, 2.45) is 5.92 Å². The molecule has 6 nitrogen and oxygen atoms in total. The molecule has 1 atom stereocenters. The van der Waals surface area contributed by atoms with Crippen molar-refractivity contribution in [3.63, 3.8) is 0 Å². The van der Waals surface area contributed by atoms with Crippen LogP contribution in [0.4, 0.5) is 0 Å². The summed E-state index contributed by atoms with van der Waals surface area (Å²) in [5.74, 6) is 0.551. The van der Waals surface area contributed by atoms with Gasteiger partial charge in [-0.2, -0.15) is 0 Å². The lowest BCUT2D eigenvalue weighted by atomic mass is 10.1. The van der Waals surface area contributed by atoms with E-state index in [1.54, 1.807) is 18.3 Å². The Morgan fingerprint density at radius 3 is 2.59 bits per heavy atom. The van der Waals surface area contributed by atoms with Gasteiger partial charge in [0, 0.05) is 27.9 Å². The lowest BCUT2D eigenvalue weighted by molar-refractivity contribution is 0.513. The predicted molar refractivity (Wildman–Crippen MR) is 134 cm³/mol. The molecule has 0 aromatic carbocycles. The second-order valence-electron chi connectivity index (χ2n) is 7.74. The number of hydrogen-bond donors (Lipinski definition) is 2. The first-order chi connectivity index (χ1) is 14.4. The fraction of sp³-hybridized carbons (Fsp3) is 0.364. The normalized spacial score (nSPS) is 14.3. The largest absolute Gasteiger partial charge is 0.326 e. The molecule has 2 N–H and O–H groups in total. The standard InChI is InChI=1S/C22H25N3O3S2.2ClH/c1-3-16-13-17(14(2)24-22(16)26)20-9-10-21(29-20)30(27,28)25-19(12-15-7-8-15)18-6-4-5-11-23-18;;/h4-6,9-11,13,15,19,25H,3,7-8,12H2,1-2H3,(H,24,26);2*1H. The number of H-pyrrole nitrogens is 1. The highest BCUT2D eigenvalue weighted by molar-refractivity contribution is 7.91. The van der Waals surface area contributed by atoms with Crippen LogP contribution in [-0.4, -0.2) is 18.4 Å². The summed E-state index contributed by atoms with van der Waals surface area (Å²) in [7, 11) is -3.69. The van der Waals surface area contributed by atoms with Gasteiger partial charge in [0.15, 0.2) is 0 Å². The van der Waals surface area contributed by atoms with Gasteiger partial charge < -0.3 is 4.98 Å². The molecule has 10 heteroatoms. The number of aryl methyl sites for hydroxylation is 2. The Hall–Kier alpha value is -1.71. The quantitative estimate of drug-likeness (QED) is 0.439. The second kappa shape index (κ2) is 10.9. The van der Waals surface area contributed by atoms with Crippen LogP contribution in [-0.2, 0) is 16.4 Å². The molecule has 0 saturated heterocycles. The Balaban J connectivity index is 0.00000181. The number of halogens is 2. The summed E-state index contributed by atoms with van der Waals surface area (Å²) < 4.78 is 29.4. The average Bonchev–Trinajstić information content (AvgIpc) is 3.40. The van der Waals surface area contributed by atoms with Crippen LogP contribution in [0.2, 0.25) is 0 Å². The van der Waals surface area contributed by atoms with Gasteiger partial charge in [-0.15, -0.1) is 36.2 Å². The van der Waals surface area contributed by atoms with Gasteiger partial charge in [-0.3, -0.25) is 9.78 Å². The van der Waals surface area contributed by atoms with Crippen molar-refractivity contribution >= 4 is 46.2 Å². The van der Waals surface area contributed by atoms with Crippen molar-refractivity contribution in [1.82, 2.24) is 14.7 Å². The van der Waals surface area contributed by atoms with Gasteiger partial charge in [0.05, 0.1) is 11.7 Å². The third kappa shape index (κ3) is 5.99. The van der Waals surface area contributed by atoms with E-state index in [0.717, 1.165) is 41.1 Å². The highest BCUT2D eigenvalue weighted by Crippen LogP contribution is 2.38. The molecular weight excluding hydrogens is 489 g/mol. The first-order valence-electron chi connectivity index (χ1n) is 10.1. The summed E-state index contributed by atoms with van der Waals surface area (Å²) in [4.78, 5) is 20.1. The van der Waals surface area contributed by atoms with Crippen LogP contribution >= 0.6 is 36.2 Å². The molecule has 1 aliphatic rings. The third-order valence-electron chi connectivity index (χ3n) is 5.42. The Kier molecular flexibility index (Phi) is 9.07. The number of rotatable bonds is 8. The van der Waals surface area contributed by atoms with E-state index in [1.165, 1.54) is 11.3 Å². The van der Waals surface area contributed by atoms with Crippen molar-refractivity contribution in [3.05, 3.63) is 69.9 Å². The highest BCUT2D eigenvalue weighted by Gasteiger charge is 2.30. The number of thiophene rings is 1. The molecule has 1 aliphatic carbocycles. The SMILES string of the molecule is CCc1cc(-c2ccc(S(=O)(=O)NC(CC3CC3)c3ccccn3)s2)c(C)[nH]c1=O.Cl.Cl. The van der Waals surface area contributed by atoms with Crippen LogP contribution < -0.4 is 10.3 Å². The summed E-state index contributed by atoms with van der Waals surface area (Å²) in [6, 6.07) is 10.5. The number of sulfonamides is 1. The zero-order valence-electron chi connectivity index (χ0n) is 17.8. The Morgan fingerprint density at radius 1 is 1.22 bits per heavy atom. The van der Waals surface area contributed by atoms with E-state index in [-0.39, 0.29) is 40.6 Å². The molecule has 1 fully saturated rings. The molecule has 4 rings (SSSR count). The van der Waals surface area contributed by atoms with E-state index in [0.29, 0.717) is 17.9 Å². The molecule has 0 aliphatic heterocycles. The Labute approximate surface area is 204 Å². The third-order valence-corrected chi connectivity index (χ3v) is 8.50. The molecule has 3 heterocycles. The number of aromatic nitrogens is 2. The number of hydrogen-bond acceptors (Lipinski definition) is 5. The van der Waals surface area contributed by atoms with Gasteiger partial charge in [0.2, 0.25) is 0 Å². The predicted octanol–water partition coefficient (Wildman–Crippen LogP) is 5.03. The van der Waals surface area contributed by atoms with Crippen LogP contribution in [0.3, 0.4) is 0 Å². The number of aromatic amines is 1. The fourth-order valence-electron chi connectivity index (χ4n) is 3.54. The van der Waals surface area contributed by atoms with E-state index in [9.17, 15) is 13.2 Å². The summed E-state index contributed by atoms with van der Waals surface area (Å²) in [6.07, 6.45) is 5.34. The maximum Gasteiger partial charge on any atom is 0.251 e. The van der Waals surface area contributed by atoms with E-state index in [1.807, 2.05) is 38.1 Å². The average molecular weight is 517 g/mol. The Bertz CT molecular complexity index is 1210. The van der Waals surface area contributed by atoms with Gasteiger partial charge in [-0.25, -0.2) is 13.1 Å². The fourth-order valence-corrected chi connectivity index (χ4v) is 6.16. The minimum Gasteiger partial charge on any atom is -0.326 e. The van der Waals surface area contributed by atoms with Crippen molar-refractivity contribution in [2.75, 3.05) is 0 Å². The van der Waals surface area contributed by atoms with Gasteiger partial charge in [-0.1, -0.05) is 25.8 Å². The van der Waals surface area contributed by atoms with E-state index < -0.39 is 10.0 Å². The van der Waals surface area contributed by atoms with Crippen LogP contribution in [0.15, 0.2) is 51.6 Å². The first-order valence-corrected chi connectivity index (χ1v) is 12.4. The second-order valence-corrected chi connectivity index (χ2v) is 10.8. The van der Waals surface area contributed by atoms with Crippen LogP contribution in [0.25, 0.3) is 10.4 Å². The monoisotopic (exact) mass is 515 g/mol. The Morgan fingerprint density at radius 2 is 1.97 bits per heavy atom. The minimum absolute atomic E-state index is 0. The molecule has 1 unspecified atom stereocenters. The van der Waals surface area contributed by atoms with Gasteiger partial charge in [0.1, 0.15) is 4.21 Å². The molecule has 0 amide bonds. The van der Waals surface area contributed by atoms with Crippen molar-refractivity contribution in [3.8, 4) is 10.4 Å². The van der Waals surface area contributed by atoms with Crippen LogP contribution in [0.5, 0.6) is 0 Å². The van der Waals surface area contributed by atoms with E-state index in [4.69, 9.17) is 0 Å². The molecule has 1 saturated carbocycles. The maximum atomic E-state index is 13.1. The van der Waals surface area contributed by atoms with E-state index >= 15 is 0 Å². The molecular formula is C22H27Cl2N3O3S2. The smallest absolute Gasteiger partial charge is 0.251 e.